The van der Waals surface area contributed by atoms with E-state index in [4.69, 9.17) is 10.8 Å². The number of carboxylic acids is 1. The highest BCUT2D eigenvalue weighted by molar-refractivity contribution is 5.83. The van der Waals surface area contributed by atoms with Gasteiger partial charge in [0.05, 0.1) is 6.42 Å². The van der Waals surface area contributed by atoms with Crippen molar-refractivity contribution < 1.29 is 19.5 Å². The summed E-state index contributed by atoms with van der Waals surface area (Å²) in [5, 5.41) is 8.88. The standard InChI is InChI=1S/C12H21N3O4/c1-2-14(8-10(13)16)12(19)15-6-4-3-5-9(15)7-11(17)18/h9H,2-8H2,1H3,(H2,13,16)(H,17,18). The van der Waals surface area contributed by atoms with Crippen LogP contribution in [0.15, 0.2) is 0 Å². The summed E-state index contributed by atoms with van der Waals surface area (Å²) in [5.74, 6) is -1.48. The number of carboxylic acid groups (broad SMARTS) is 1. The molecule has 0 aromatic carbocycles. The van der Waals surface area contributed by atoms with Crippen LogP contribution in [-0.2, 0) is 9.59 Å². The van der Waals surface area contributed by atoms with Crippen molar-refractivity contribution in [2.75, 3.05) is 19.6 Å². The van der Waals surface area contributed by atoms with Crippen LogP contribution in [-0.4, -0.2) is 58.5 Å². The molecule has 1 heterocycles. The van der Waals surface area contributed by atoms with Crippen LogP contribution in [0.4, 0.5) is 4.79 Å². The highest BCUT2D eigenvalue weighted by Crippen LogP contribution is 2.21. The van der Waals surface area contributed by atoms with Crippen LogP contribution in [0, 0.1) is 0 Å². The third-order valence-corrected chi connectivity index (χ3v) is 3.28. The largest absolute Gasteiger partial charge is 0.481 e. The molecule has 7 nitrogen and oxygen atoms in total. The third kappa shape index (κ3) is 4.42. The Morgan fingerprint density at radius 3 is 2.58 bits per heavy atom. The van der Waals surface area contributed by atoms with Gasteiger partial charge in [0.25, 0.3) is 0 Å². The molecular formula is C12H21N3O4. The minimum absolute atomic E-state index is 0.0557. The summed E-state index contributed by atoms with van der Waals surface area (Å²) >= 11 is 0. The van der Waals surface area contributed by atoms with E-state index in [-0.39, 0.29) is 25.0 Å². The molecule has 3 N–H and O–H groups in total. The molecule has 0 radical (unpaired) electrons. The van der Waals surface area contributed by atoms with E-state index >= 15 is 0 Å². The maximum Gasteiger partial charge on any atom is 0.320 e. The molecule has 0 saturated carbocycles. The first-order valence-electron chi connectivity index (χ1n) is 6.51. The smallest absolute Gasteiger partial charge is 0.320 e. The first kappa shape index (κ1) is 15.3. The minimum Gasteiger partial charge on any atom is -0.481 e. The summed E-state index contributed by atoms with van der Waals surface area (Å²) in [6.07, 6.45) is 2.41. The number of rotatable bonds is 5. The third-order valence-electron chi connectivity index (χ3n) is 3.28. The Morgan fingerprint density at radius 2 is 2.05 bits per heavy atom. The number of nitrogens with two attached hydrogens (primary N) is 1. The van der Waals surface area contributed by atoms with Crippen molar-refractivity contribution in [2.24, 2.45) is 5.73 Å². The number of aliphatic carboxylic acids is 1. The maximum atomic E-state index is 12.3. The first-order valence-corrected chi connectivity index (χ1v) is 6.51. The number of urea groups is 1. The molecule has 1 fully saturated rings. The Balaban J connectivity index is 2.74. The molecule has 108 valence electrons. The fourth-order valence-electron chi connectivity index (χ4n) is 2.35. The number of piperidine rings is 1. The number of carbonyl (C=O) groups excluding carboxylic acids is 2. The average molecular weight is 271 g/mol. The monoisotopic (exact) mass is 271 g/mol. The van der Waals surface area contributed by atoms with E-state index in [0.717, 1.165) is 12.8 Å². The van der Waals surface area contributed by atoms with Gasteiger partial charge < -0.3 is 20.6 Å². The maximum absolute atomic E-state index is 12.3. The van der Waals surface area contributed by atoms with Crippen molar-refractivity contribution in [1.82, 2.24) is 9.80 Å². The highest BCUT2D eigenvalue weighted by atomic mass is 16.4. The number of hydrogen-bond donors (Lipinski definition) is 2. The van der Waals surface area contributed by atoms with Gasteiger partial charge in [0.2, 0.25) is 5.91 Å². The van der Waals surface area contributed by atoms with Crippen molar-refractivity contribution >= 4 is 17.9 Å². The van der Waals surface area contributed by atoms with Crippen molar-refractivity contribution in [3.8, 4) is 0 Å². The molecule has 1 saturated heterocycles. The lowest BCUT2D eigenvalue weighted by molar-refractivity contribution is -0.138. The van der Waals surface area contributed by atoms with Gasteiger partial charge in [-0.2, -0.15) is 0 Å². The number of nitrogens with zero attached hydrogens (tertiary/aromatic N) is 2. The second-order valence-electron chi connectivity index (χ2n) is 4.70. The molecule has 19 heavy (non-hydrogen) atoms. The molecule has 1 rings (SSSR count). The Kier molecular flexibility index (Phi) is 5.59. The van der Waals surface area contributed by atoms with Crippen LogP contribution in [0.3, 0.4) is 0 Å². The van der Waals surface area contributed by atoms with Gasteiger partial charge in [-0.3, -0.25) is 9.59 Å². The van der Waals surface area contributed by atoms with Gasteiger partial charge in [0.1, 0.15) is 6.54 Å². The quantitative estimate of drug-likeness (QED) is 0.747. The molecule has 0 aliphatic carbocycles. The molecule has 1 unspecified atom stereocenters. The van der Waals surface area contributed by atoms with Crippen LogP contribution in [0.1, 0.15) is 32.6 Å². The number of amides is 3. The van der Waals surface area contributed by atoms with Gasteiger partial charge in [-0.15, -0.1) is 0 Å². The SMILES string of the molecule is CCN(CC(N)=O)C(=O)N1CCCCC1CC(=O)O. The summed E-state index contributed by atoms with van der Waals surface area (Å²) in [5.41, 5.74) is 5.11. The lowest BCUT2D eigenvalue weighted by Crippen LogP contribution is -2.52. The van der Waals surface area contributed by atoms with E-state index in [2.05, 4.69) is 0 Å². The molecule has 0 aromatic heterocycles. The van der Waals surface area contributed by atoms with Crippen LogP contribution in [0.5, 0.6) is 0 Å². The number of carbonyl (C=O) groups is 3. The van der Waals surface area contributed by atoms with Gasteiger partial charge in [0.15, 0.2) is 0 Å². The predicted octanol–water partition coefficient (Wildman–Crippen LogP) is 0.243. The zero-order chi connectivity index (χ0) is 14.4. The fraction of sp³-hybridized carbons (Fsp3) is 0.750. The summed E-state index contributed by atoms with van der Waals surface area (Å²) in [6.45, 7) is 2.53. The molecule has 0 spiro atoms. The van der Waals surface area contributed by atoms with Crippen molar-refractivity contribution in [1.29, 1.82) is 0 Å². The van der Waals surface area contributed by atoms with E-state index in [1.807, 2.05) is 0 Å². The van der Waals surface area contributed by atoms with E-state index in [9.17, 15) is 14.4 Å². The normalized spacial score (nSPS) is 19.0. The lowest BCUT2D eigenvalue weighted by Gasteiger charge is -2.38. The molecule has 3 amide bonds. The number of likely N-dealkylation sites (tertiary alicyclic amines) is 1. The molecule has 0 bridgehead atoms. The fourth-order valence-corrected chi connectivity index (χ4v) is 2.35. The van der Waals surface area contributed by atoms with Crippen LogP contribution >= 0.6 is 0 Å². The second kappa shape index (κ2) is 6.96. The van der Waals surface area contributed by atoms with Gasteiger partial charge in [-0.1, -0.05) is 0 Å². The Labute approximate surface area is 112 Å². The van der Waals surface area contributed by atoms with Crippen LogP contribution < -0.4 is 5.73 Å². The molecule has 0 aromatic rings. The average Bonchev–Trinajstić information content (AvgIpc) is 2.35. The molecule has 1 atom stereocenters. The zero-order valence-corrected chi connectivity index (χ0v) is 11.2. The van der Waals surface area contributed by atoms with Gasteiger partial charge in [0, 0.05) is 19.1 Å². The van der Waals surface area contributed by atoms with Crippen molar-refractivity contribution in [2.45, 2.75) is 38.6 Å². The summed E-state index contributed by atoms with van der Waals surface area (Å²) in [4.78, 5) is 37.0. The van der Waals surface area contributed by atoms with Gasteiger partial charge in [-0.25, -0.2) is 4.79 Å². The minimum atomic E-state index is -0.914. The van der Waals surface area contributed by atoms with E-state index < -0.39 is 11.9 Å². The zero-order valence-electron chi connectivity index (χ0n) is 11.2. The van der Waals surface area contributed by atoms with Crippen LogP contribution in [0.25, 0.3) is 0 Å². The first-order chi connectivity index (χ1) is 8.95. The van der Waals surface area contributed by atoms with Crippen molar-refractivity contribution in [3.05, 3.63) is 0 Å². The highest BCUT2D eigenvalue weighted by Gasteiger charge is 2.31. The number of likely N-dealkylation sites (N-methyl/N-ethyl adjacent to an activating group) is 1. The topological polar surface area (TPSA) is 104 Å². The van der Waals surface area contributed by atoms with Crippen LogP contribution in [0.2, 0.25) is 0 Å². The molecule has 7 heteroatoms. The number of hydrogen-bond acceptors (Lipinski definition) is 3. The Morgan fingerprint density at radius 1 is 1.37 bits per heavy atom. The Bertz CT molecular complexity index is 359. The van der Waals surface area contributed by atoms with Crippen molar-refractivity contribution in [3.63, 3.8) is 0 Å². The van der Waals surface area contributed by atoms with E-state index in [1.54, 1.807) is 11.8 Å². The molecule has 1 aliphatic rings. The number of primary amides is 1. The summed E-state index contributed by atoms with van der Waals surface area (Å²) in [7, 11) is 0. The molecule has 1 aliphatic heterocycles. The van der Waals surface area contributed by atoms with Gasteiger partial charge in [-0.05, 0) is 26.2 Å². The molecular weight excluding hydrogens is 250 g/mol. The second-order valence-corrected chi connectivity index (χ2v) is 4.70. The lowest BCUT2D eigenvalue weighted by atomic mass is 10.00. The summed E-state index contributed by atoms with van der Waals surface area (Å²) < 4.78 is 0. The Hall–Kier alpha value is -1.79. The van der Waals surface area contributed by atoms with Gasteiger partial charge >= 0.3 is 12.0 Å². The van der Waals surface area contributed by atoms with E-state index in [0.29, 0.717) is 19.5 Å². The summed E-state index contributed by atoms with van der Waals surface area (Å²) in [6, 6.07) is -0.590. The van der Waals surface area contributed by atoms with E-state index in [1.165, 1.54) is 4.90 Å². The predicted molar refractivity (Wildman–Crippen MR) is 68.4 cm³/mol.